The van der Waals surface area contributed by atoms with Crippen molar-refractivity contribution in [2.75, 3.05) is 0 Å². The van der Waals surface area contributed by atoms with Crippen molar-refractivity contribution in [2.45, 2.75) is 11.4 Å². The van der Waals surface area contributed by atoms with Gasteiger partial charge in [-0.2, -0.15) is 0 Å². The Bertz CT molecular complexity index is 514. The van der Waals surface area contributed by atoms with Crippen molar-refractivity contribution in [3.05, 3.63) is 59.9 Å². The molecule has 17 heavy (non-hydrogen) atoms. The highest BCUT2D eigenvalue weighted by Gasteiger charge is 2.04. The molecule has 0 atom stereocenters. The van der Waals surface area contributed by atoms with Gasteiger partial charge in [-0.05, 0) is 35.9 Å². The molecule has 0 saturated heterocycles. The first-order valence-corrected chi connectivity index (χ1v) is 5.66. The van der Waals surface area contributed by atoms with Crippen molar-refractivity contribution in [1.29, 1.82) is 0 Å². The van der Waals surface area contributed by atoms with E-state index < -0.39 is 0 Å². The van der Waals surface area contributed by atoms with E-state index in [9.17, 15) is 4.79 Å². The Labute approximate surface area is 105 Å². The van der Waals surface area contributed by atoms with Gasteiger partial charge in [0.25, 0.3) is 5.91 Å². The van der Waals surface area contributed by atoms with Crippen LogP contribution in [0.2, 0.25) is 0 Å². The molecule has 0 bridgehead atoms. The van der Waals surface area contributed by atoms with Gasteiger partial charge >= 0.3 is 0 Å². The summed E-state index contributed by atoms with van der Waals surface area (Å²) in [6.07, 6.45) is 3.41. The van der Waals surface area contributed by atoms with Crippen molar-refractivity contribution in [1.82, 2.24) is 10.3 Å². The molecule has 0 aliphatic heterocycles. The van der Waals surface area contributed by atoms with E-state index in [4.69, 9.17) is 0 Å². The molecular weight excluding hydrogens is 232 g/mol. The number of pyridine rings is 1. The molecule has 0 radical (unpaired) electrons. The number of carbonyl (C=O) groups is 1. The van der Waals surface area contributed by atoms with Crippen molar-refractivity contribution < 1.29 is 4.79 Å². The summed E-state index contributed by atoms with van der Waals surface area (Å²) in [4.78, 5) is 16.5. The maximum atomic E-state index is 11.8. The lowest BCUT2D eigenvalue weighted by Gasteiger charge is -2.05. The van der Waals surface area contributed by atoms with Gasteiger partial charge in [-0.25, -0.2) is 0 Å². The third kappa shape index (κ3) is 3.32. The Balaban J connectivity index is 1.98. The molecule has 1 amide bonds. The van der Waals surface area contributed by atoms with Crippen LogP contribution in [0.1, 0.15) is 15.9 Å². The zero-order chi connectivity index (χ0) is 12.1. The van der Waals surface area contributed by atoms with Crippen molar-refractivity contribution in [3.8, 4) is 0 Å². The molecule has 86 valence electrons. The minimum absolute atomic E-state index is 0.0993. The predicted molar refractivity (Wildman–Crippen MR) is 69.1 cm³/mol. The average Bonchev–Trinajstić information content (AvgIpc) is 2.37. The van der Waals surface area contributed by atoms with Crippen molar-refractivity contribution in [3.63, 3.8) is 0 Å². The van der Waals surface area contributed by atoms with Crippen LogP contribution in [-0.4, -0.2) is 10.9 Å². The molecule has 2 aromatic rings. The molecule has 0 spiro atoms. The highest BCUT2D eigenvalue weighted by Crippen LogP contribution is 2.08. The first-order valence-electron chi connectivity index (χ1n) is 5.22. The topological polar surface area (TPSA) is 42.0 Å². The zero-order valence-electron chi connectivity index (χ0n) is 9.13. The quantitative estimate of drug-likeness (QED) is 0.813. The molecule has 1 aromatic heterocycles. The van der Waals surface area contributed by atoms with Crippen LogP contribution in [0, 0.1) is 0 Å². The SMILES string of the molecule is O=C(NCc1ccncc1)c1cccc(S)c1. The number of hydrogen-bond donors (Lipinski definition) is 2. The summed E-state index contributed by atoms with van der Waals surface area (Å²) in [7, 11) is 0. The second kappa shape index (κ2) is 5.50. The summed E-state index contributed by atoms with van der Waals surface area (Å²) < 4.78 is 0. The first kappa shape index (κ1) is 11.7. The lowest BCUT2D eigenvalue weighted by molar-refractivity contribution is 0.0950. The van der Waals surface area contributed by atoms with Crippen LogP contribution in [0.4, 0.5) is 0 Å². The number of aromatic nitrogens is 1. The molecule has 0 fully saturated rings. The van der Waals surface area contributed by atoms with Crippen LogP contribution >= 0.6 is 12.6 Å². The fourth-order valence-electron chi connectivity index (χ4n) is 1.43. The number of hydrogen-bond acceptors (Lipinski definition) is 3. The van der Waals surface area contributed by atoms with E-state index in [1.54, 1.807) is 24.5 Å². The van der Waals surface area contributed by atoms with Gasteiger partial charge in [0, 0.05) is 29.4 Å². The second-order valence-corrected chi connectivity index (χ2v) is 4.10. The summed E-state index contributed by atoms with van der Waals surface area (Å²) in [6, 6.07) is 10.9. The molecule has 4 heteroatoms. The van der Waals surface area contributed by atoms with E-state index in [1.165, 1.54) is 0 Å². The summed E-state index contributed by atoms with van der Waals surface area (Å²) in [5.74, 6) is -0.0993. The van der Waals surface area contributed by atoms with E-state index in [2.05, 4.69) is 22.9 Å². The van der Waals surface area contributed by atoms with Crippen LogP contribution in [0.25, 0.3) is 0 Å². The molecule has 0 aliphatic rings. The molecule has 1 N–H and O–H groups in total. The Morgan fingerprint density at radius 3 is 2.71 bits per heavy atom. The number of carbonyl (C=O) groups excluding carboxylic acids is 1. The molecule has 1 heterocycles. The molecule has 0 saturated carbocycles. The Morgan fingerprint density at radius 1 is 1.24 bits per heavy atom. The molecular formula is C13H12N2OS. The zero-order valence-corrected chi connectivity index (χ0v) is 10.0. The van der Waals surface area contributed by atoms with E-state index in [0.29, 0.717) is 12.1 Å². The van der Waals surface area contributed by atoms with Gasteiger partial charge in [-0.3, -0.25) is 9.78 Å². The molecule has 0 aliphatic carbocycles. The Kier molecular flexibility index (Phi) is 3.77. The Hall–Kier alpha value is -1.81. The Morgan fingerprint density at radius 2 is 2.00 bits per heavy atom. The van der Waals surface area contributed by atoms with Crippen LogP contribution in [0.15, 0.2) is 53.7 Å². The van der Waals surface area contributed by atoms with Crippen molar-refractivity contribution >= 4 is 18.5 Å². The van der Waals surface area contributed by atoms with E-state index >= 15 is 0 Å². The van der Waals surface area contributed by atoms with Gasteiger partial charge in [0.15, 0.2) is 0 Å². The van der Waals surface area contributed by atoms with Gasteiger partial charge in [0.2, 0.25) is 0 Å². The fraction of sp³-hybridized carbons (Fsp3) is 0.0769. The van der Waals surface area contributed by atoms with Crippen LogP contribution in [0.3, 0.4) is 0 Å². The molecule has 2 rings (SSSR count). The summed E-state index contributed by atoms with van der Waals surface area (Å²) in [5.41, 5.74) is 1.64. The van der Waals surface area contributed by atoms with Gasteiger partial charge < -0.3 is 5.32 Å². The van der Waals surface area contributed by atoms with Crippen molar-refractivity contribution in [2.24, 2.45) is 0 Å². The van der Waals surface area contributed by atoms with E-state index in [1.807, 2.05) is 24.3 Å². The molecule has 3 nitrogen and oxygen atoms in total. The number of thiol groups is 1. The average molecular weight is 244 g/mol. The van der Waals surface area contributed by atoms with E-state index in [0.717, 1.165) is 10.5 Å². The van der Waals surface area contributed by atoms with Gasteiger partial charge in [0.1, 0.15) is 0 Å². The summed E-state index contributed by atoms with van der Waals surface area (Å²) in [5, 5.41) is 2.84. The molecule has 0 unspecified atom stereocenters. The van der Waals surface area contributed by atoms with Gasteiger partial charge in [-0.15, -0.1) is 12.6 Å². The summed E-state index contributed by atoms with van der Waals surface area (Å²) in [6.45, 7) is 0.498. The number of rotatable bonds is 3. The normalized spacial score (nSPS) is 9.94. The monoisotopic (exact) mass is 244 g/mol. The number of amides is 1. The third-order valence-electron chi connectivity index (χ3n) is 2.31. The highest BCUT2D eigenvalue weighted by atomic mass is 32.1. The second-order valence-electron chi connectivity index (χ2n) is 3.59. The minimum Gasteiger partial charge on any atom is -0.348 e. The highest BCUT2D eigenvalue weighted by molar-refractivity contribution is 7.80. The van der Waals surface area contributed by atoms with Crippen LogP contribution in [0.5, 0.6) is 0 Å². The third-order valence-corrected chi connectivity index (χ3v) is 2.59. The first-order chi connectivity index (χ1) is 8.25. The smallest absolute Gasteiger partial charge is 0.251 e. The lowest BCUT2D eigenvalue weighted by atomic mass is 10.2. The minimum atomic E-state index is -0.0993. The standard InChI is InChI=1S/C13H12N2OS/c16-13(11-2-1-3-12(17)8-11)15-9-10-4-6-14-7-5-10/h1-8,17H,9H2,(H,15,16). The van der Waals surface area contributed by atoms with E-state index in [-0.39, 0.29) is 5.91 Å². The number of nitrogens with one attached hydrogen (secondary N) is 1. The van der Waals surface area contributed by atoms with Gasteiger partial charge in [-0.1, -0.05) is 6.07 Å². The number of benzene rings is 1. The van der Waals surface area contributed by atoms with Crippen LogP contribution in [-0.2, 0) is 6.54 Å². The maximum absolute atomic E-state index is 11.8. The summed E-state index contributed by atoms with van der Waals surface area (Å²) >= 11 is 4.20. The van der Waals surface area contributed by atoms with Crippen LogP contribution < -0.4 is 5.32 Å². The van der Waals surface area contributed by atoms with Gasteiger partial charge in [0.05, 0.1) is 0 Å². The number of nitrogens with zero attached hydrogens (tertiary/aromatic N) is 1. The predicted octanol–water partition coefficient (Wildman–Crippen LogP) is 2.30. The molecule has 1 aromatic carbocycles. The maximum Gasteiger partial charge on any atom is 0.251 e. The fourth-order valence-corrected chi connectivity index (χ4v) is 1.66. The largest absolute Gasteiger partial charge is 0.348 e. The lowest BCUT2D eigenvalue weighted by Crippen LogP contribution is -2.22.